The van der Waals surface area contributed by atoms with Crippen LogP contribution in [0.1, 0.15) is 25.0 Å². The molecule has 18 heavy (non-hydrogen) atoms. The Labute approximate surface area is 102 Å². The lowest BCUT2D eigenvalue weighted by molar-refractivity contribution is -0.166. The Morgan fingerprint density at radius 1 is 1.33 bits per heavy atom. The van der Waals surface area contributed by atoms with Crippen molar-refractivity contribution in [1.29, 1.82) is 0 Å². The van der Waals surface area contributed by atoms with E-state index in [1.807, 2.05) is 0 Å². The minimum absolute atomic E-state index is 0.0612. The van der Waals surface area contributed by atoms with E-state index in [0.717, 1.165) is 17.2 Å². The maximum absolute atomic E-state index is 12.6. The van der Waals surface area contributed by atoms with Gasteiger partial charge < -0.3 is 4.84 Å². The summed E-state index contributed by atoms with van der Waals surface area (Å²) in [6.45, 7) is 3.47. The van der Waals surface area contributed by atoms with E-state index in [1.165, 1.54) is 6.07 Å². The Kier molecular flexibility index (Phi) is 2.96. The number of alkyl halides is 3. The molecule has 0 radical (unpaired) electrons. The molecule has 1 aliphatic rings. The van der Waals surface area contributed by atoms with Gasteiger partial charge in [0.1, 0.15) is 0 Å². The van der Waals surface area contributed by atoms with Crippen molar-refractivity contribution in [1.82, 2.24) is 5.06 Å². The fourth-order valence-electron chi connectivity index (χ4n) is 1.75. The van der Waals surface area contributed by atoms with Gasteiger partial charge in [-0.3, -0.25) is 4.79 Å². The van der Waals surface area contributed by atoms with Crippen LogP contribution in [0.25, 0.3) is 0 Å². The van der Waals surface area contributed by atoms with Crippen molar-refractivity contribution in [3.8, 4) is 5.75 Å². The third-order valence-electron chi connectivity index (χ3n) is 2.65. The van der Waals surface area contributed by atoms with Gasteiger partial charge >= 0.3 is 6.18 Å². The fraction of sp³-hybridized carbons (Fsp3) is 0.417. The summed E-state index contributed by atoms with van der Waals surface area (Å²) in [4.78, 5) is 16.9. The number of hydrogen-bond acceptors (Lipinski definition) is 2. The smallest absolute Gasteiger partial charge is 0.376 e. The van der Waals surface area contributed by atoms with E-state index >= 15 is 0 Å². The van der Waals surface area contributed by atoms with Gasteiger partial charge in [-0.25, -0.2) is 0 Å². The van der Waals surface area contributed by atoms with Crippen LogP contribution in [0.15, 0.2) is 18.2 Å². The molecule has 6 heteroatoms. The molecule has 2 rings (SSSR count). The van der Waals surface area contributed by atoms with Crippen LogP contribution in [-0.4, -0.2) is 17.0 Å². The number of fused-ring (bicyclic) bond motifs is 1. The largest absolute Gasteiger partial charge is 0.416 e. The van der Waals surface area contributed by atoms with Crippen molar-refractivity contribution in [2.24, 2.45) is 0 Å². The number of halogens is 3. The second kappa shape index (κ2) is 4.19. The van der Waals surface area contributed by atoms with Gasteiger partial charge in [-0.2, -0.15) is 18.2 Å². The van der Waals surface area contributed by atoms with E-state index in [-0.39, 0.29) is 24.1 Å². The molecule has 0 aliphatic carbocycles. The lowest BCUT2D eigenvalue weighted by Crippen LogP contribution is -2.43. The summed E-state index contributed by atoms with van der Waals surface area (Å²) < 4.78 is 37.7. The molecular weight excluding hydrogens is 247 g/mol. The van der Waals surface area contributed by atoms with E-state index in [9.17, 15) is 18.0 Å². The van der Waals surface area contributed by atoms with Crippen molar-refractivity contribution in [3.05, 3.63) is 29.3 Å². The van der Waals surface area contributed by atoms with Crippen molar-refractivity contribution in [3.63, 3.8) is 0 Å². The zero-order valence-electron chi connectivity index (χ0n) is 9.91. The molecule has 1 aliphatic heterocycles. The molecule has 3 nitrogen and oxygen atoms in total. The van der Waals surface area contributed by atoms with Gasteiger partial charge in [-0.1, -0.05) is 6.07 Å². The number of amides is 1. The average molecular weight is 259 g/mol. The molecule has 1 amide bonds. The zero-order chi connectivity index (χ0) is 13.5. The molecule has 0 unspecified atom stereocenters. The topological polar surface area (TPSA) is 29.5 Å². The van der Waals surface area contributed by atoms with E-state index in [1.54, 1.807) is 13.8 Å². The van der Waals surface area contributed by atoms with Crippen molar-refractivity contribution >= 4 is 5.91 Å². The molecule has 1 heterocycles. The molecule has 0 atom stereocenters. The predicted molar refractivity (Wildman–Crippen MR) is 57.8 cm³/mol. The molecule has 0 spiro atoms. The van der Waals surface area contributed by atoms with Crippen molar-refractivity contribution in [2.45, 2.75) is 32.5 Å². The normalized spacial score (nSPS) is 15.7. The van der Waals surface area contributed by atoms with Crippen LogP contribution < -0.4 is 4.84 Å². The quantitative estimate of drug-likeness (QED) is 0.776. The van der Waals surface area contributed by atoms with Crippen LogP contribution in [0, 0.1) is 0 Å². The second-order valence-corrected chi connectivity index (χ2v) is 4.40. The highest BCUT2D eigenvalue weighted by Gasteiger charge is 2.34. The van der Waals surface area contributed by atoms with Gasteiger partial charge in [0, 0.05) is 5.56 Å². The van der Waals surface area contributed by atoms with E-state index in [2.05, 4.69) is 0 Å². The first-order valence-corrected chi connectivity index (χ1v) is 5.49. The summed E-state index contributed by atoms with van der Waals surface area (Å²) in [6.07, 6.45) is -4.35. The maximum Gasteiger partial charge on any atom is 0.416 e. The number of benzene rings is 1. The number of rotatable bonds is 1. The third-order valence-corrected chi connectivity index (χ3v) is 2.65. The van der Waals surface area contributed by atoms with Crippen LogP contribution in [-0.2, 0) is 17.4 Å². The molecule has 98 valence electrons. The Hall–Kier alpha value is -1.72. The first-order valence-electron chi connectivity index (χ1n) is 5.49. The predicted octanol–water partition coefficient (Wildman–Crippen LogP) is 2.79. The number of nitrogens with zero attached hydrogens (tertiary/aromatic N) is 1. The standard InChI is InChI=1S/C12H12F3NO2/c1-7(2)16-11(17)5-8-3-4-9(12(13,14)15)6-10(8)18-16/h3-4,6-7H,5H2,1-2H3. The first-order chi connectivity index (χ1) is 8.29. The highest BCUT2D eigenvalue weighted by Crippen LogP contribution is 2.35. The van der Waals surface area contributed by atoms with Crippen LogP contribution in [0.4, 0.5) is 13.2 Å². The maximum atomic E-state index is 12.6. The van der Waals surface area contributed by atoms with Gasteiger partial charge in [-0.15, -0.1) is 0 Å². The van der Waals surface area contributed by atoms with Crippen LogP contribution in [0.2, 0.25) is 0 Å². The molecule has 1 aromatic carbocycles. The Morgan fingerprint density at radius 2 is 2.00 bits per heavy atom. The summed E-state index contributed by atoms with van der Waals surface area (Å²) >= 11 is 0. The molecular formula is C12H12F3NO2. The Bertz CT molecular complexity index is 483. The van der Waals surface area contributed by atoms with Gasteiger partial charge in [0.2, 0.25) is 0 Å². The molecule has 0 saturated carbocycles. The summed E-state index contributed by atoms with van der Waals surface area (Å²) in [5.74, 6) is -0.157. The molecule has 1 aromatic rings. The number of hydrogen-bond donors (Lipinski definition) is 0. The van der Waals surface area contributed by atoms with Gasteiger partial charge in [0.25, 0.3) is 5.91 Å². The van der Waals surface area contributed by atoms with Crippen LogP contribution in [0.5, 0.6) is 5.75 Å². The lowest BCUT2D eigenvalue weighted by atomic mass is 10.1. The number of carbonyl (C=O) groups excluding carboxylic acids is 1. The molecule has 0 fully saturated rings. The second-order valence-electron chi connectivity index (χ2n) is 4.40. The highest BCUT2D eigenvalue weighted by atomic mass is 19.4. The Morgan fingerprint density at radius 3 is 2.56 bits per heavy atom. The number of hydroxylamine groups is 2. The summed E-state index contributed by atoms with van der Waals surface area (Å²) in [5, 5.41) is 1.10. The van der Waals surface area contributed by atoms with E-state index in [0.29, 0.717) is 5.56 Å². The minimum Gasteiger partial charge on any atom is -0.376 e. The van der Waals surface area contributed by atoms with Gasteiger partial charge in [-0.05, 0) is 26.0 Å². The van der Waals surface area contributed by atoms with E-state index in [4.69, 9.17) is 4.84 Å². The first kappa shape index (κ1) is 12.7. The molecule has 0 bridgehead atoms. The van der Waals surface area contributed by atoms with Gasteiger partial charge in [0.05, 0.1) is 18.0 Å². The minimum atomic E-state index is -4.41. The summed E-state index contributed by atoms with van der Waals surface area (Å²) in [6, 6.07) is 2.95. The molecule has 0 aromatic heterocycles. The average Bonchev–Trinajstić information content (AvgIpc) is 2.25. The zero-order valence-corrected chi connectivity index (χ0v) is 9.91. The van der Waals surface area contributed by atoms with Crippen LogP contribution >= 0.6 is 0 Å². The summed E-state index contributed by atoms with van der Waals surface area (Å²) in [7, 11) is 0. The Balaban J connectivity index is 2.37. The lowest BCUT2D eigenvalue weighted by Gasteiger charge is -2.31. The number of carbonyl (C=O) groups is 1. The summed E-state index contributed by atoms with van der Waals surface area (Å²) in [5.41, 5.74) is -0.302. The SMILES string of the molecule is CC(C)N1Oc2cc(C(F)(F)F)ccc2CC1=O. The monoisotopic (exact) mass is 259 g/mol. The molecule has 0 N–H and O–H groups in total. The van der Waals surface area contributed by atoms with E-state index < -0.39 is 11.7 Å². The van der Waals surface area contributed by atoms with Crippen LogP contribution in [0.3, 0.4) is 0 Å². The van der Waals surface area contributed by atoms with Crippen molar-refractivity contribution in [2.75, 3.05) is 0 Å². The van der Waals surface area contributed by atoms with Gasteiger partial charge in [0.15, 0.2) is 5.75 Å². The fourth-order valence-corrected chi connectivity index (χ4v) is 1.75. The highest BCUT2D eigenvalue weighted by molar-refractivity contribution is 5.80. The third kappa shape index (κ3) is 2.27. The van der Waals surface area contributed by atoms with Crippen molar-refractivity contribution < 1.29 is 22.8 Å². The molecule has 0 saturated heterocycles.